The number of aliphatic hydroxyl groups is 1. The summed E-state index contributed by atoms with van der Waals surface area (Å²) in [5, 5.41) is 8.58. The van der Waals surface area contributed by atoms with Crippen molar-refractivity contribution in [1.82, 2.24) is 0 Å². The van der Waals surface area contributed by atoms with Gasteiger partial charge in [0.1, 0.15) is 0 Å². The monoisotopic (exact) mass is 126 g/mol. The molecule has 0 atom stereocenters. The Balaban J connectivity index is 2.28. The van der Waals surface area contributed by atoms with Crippen LogP contribution in [0.25, 0.3) is 0 Å². The Morgan fingerprint density at radius 1 is 1.44 bits per heavy atom. The molecule has 1 heteroatoms. The molecule has 0 saturated heterocycles. The molecule has 0 aromatic carbocycles. The molecule has 0 fully saturated rings. The second kappa shape index (κ2) is 3.67. The molecular formula is C8H14O. The molecule has 1 rings (SSSR count). The van der Waals surface area contributed by atoms with Crippen LogP contribution < -0.4 is 0 Å². The molecule has 0 aromatic heterocycles. The highest BCUT2D eigenvalue weighted by atomic mass is 16.2. The molecule has 1 nitrogen and oxygen atoms in total. The van der Waals surface area contributed by atoms with E-state index in [-0.39, 0.29) is 0 Å². The molecule has 9 heavy (non-hydrogen) atoms. The highest BCUT2D eigenvalue weighted by Gasteiger charge is 2.00. The first-order chi connectivity index (χ1) is 4.43. The lowest BCUT2D eigenvalue weighted by atomic mass is 9.98. The maximum atomic E-state index is 8.58. The van der Waals surface area contributed by atoms with E-state index in [9.17, 15) is 0 Å². The third-order valence-corrected chi connectivity index (χ3v) is 1.82. The van der Waals surface area contributed by atoms with Crippen LogP contribution in [-0.2, 0) is 0 Å². The summed E-state index contributed by atoms with van der Waals surface area (Å²) >= 11 is 0. The van der Waals surface area contributed by atoms with E-state index in [4.69, 9.17) is 5.11 Å². The van der Waals surface area contributed by atoms with Crippen molar-refractivity contribution < 1.29 is 5.11 Å². The summed E-state index contributed by atoms with van der Waals surface area (Å²) in [5.41, 5.74) is 1.46. The summed E-state index contributed by atoms with van der Waals surface area (Å²) in [5.74, 6) is 0. The Hall–Kier alpha value is -0.300. The Labute approximate surface area is 56.4 Å². The lowest BCUT2D eigenvalue weighted by Gasteiger charge is -2.10. The normalized spacial score (nSPS) is 19.4. The molecule has 52 valence electrons. The van der Waals surface area contributed by atoms with E-state index in [0.717, 1.165) is 6.42 Å². The number of hydrogen-bond donors (Lipinski definition) is 1. The van der Waals surface area contributed by atoms with Gasteiger partial charge in [0, 0.05) is 6.61 Å². The average molecular weight is 126 g/mol. The molecule has 0 aliphatic heterocycles. The largest absolute Gasteiger partial charge is 0.396 e. The van der Waals surface area contributed by atoms with Crippen molar-refractivity contribution in [2.24, 2.45) is 0 Å². The van der Waals surface area contributed by atoms with E-state index in [0.29, 0.717) is 6.61 Å². The van der Waals surface area contributed by atoms with Gasteiger partial charge in [-0.25, -0.2) is 0 Å². The lowest BCUT2D eigenvalue weighted by molar-refractivity contribution is 0.297. The van der Waals surface area contributed by atoms with Crippen LogP contribution in [0.5, 0.6) is 0 Å². The highest BCUT2D eigenvalue weighted by molar-refractivity contribution is 5.04. The third kappa shape index (κ3) is 2.19. The van der Waals surface area contributed by atoms with Crippen LogP contribution in [0.15, 0.2) is 11.6 Å². The van der Waals surface area contributed by atoms with Crippen molar-refractivity contribution in [2.75, 3.05) is 6.61 Å². The Kier molecular flexibility index (Phi) is 2.78. The number of hydrogen-bond acceptors (Lipinski definition) is 1. The lowest BCUT2D eigenvalue weighted by Crippen LogP contribution is -1.93. The minimum atomic E-state index is 0.325. The van der Waals surface area contributed by atoms with Crippen LogP contribution in [0.2, 0.25) is 0 Å². The zero-order chi connectivity index (χ0) is 6.53. The fourth-order valence-corrected chi connectivity index (χ4v) is 1.28. The van der Waals surface area contributed by atoms with Gasteiger partial charge in [0.2, 0.25) is 0 Å². The fraction of sp³-hybridized carbons (Fsp3) is 0.750. The predicted molar refractivity (Wildman–Crippen MR) is 38.3 cm³/mol. The van der Waals surface area contributed by atoms with Crippen molar-refractivity contribution in [1.29, 1.82) is 0 Å². The predicted octanol–water partition coefficient (Wildman–Crippen LogP) is 1.87. The van der Waals surface area contributed by atoms with Gasteiger partial charge in [-0.05, 0) is 32.1 Å². The Bertz CT molecular complexity index is 105. The van der Waals surface area contributed by atoms with Crippen molar-refractivity contribution >= 4 is 0 Å². The van der Waals surface area contributed by atoms with Gasteiger partial charge in [-0.1, -0.05) is 11.6 Å². The van der Waals surface area contributed by atoms with Crippen LogP contribution in [0.1, 0.15) is 32.1 Å². The second-order valence-electron chi connectivity index (χ2n) is 2.58. The zero-order valence-corrected chi connectivity index (χ0v) is 5.77. The van der Waals surface area contributed by atoms with Crippen LogP contribution in [-0.4, -0.2) is 11.7 Å². The molecule has 0 unspecified atom stereocenters. The van der Waals surface area contributed by atoms with Crippen molar-refractivity contribution in [3.05, 3.63) is 11.6 Å². The number of rotatable bonds is 2. The molecule has 0 heterocycles. The van der Waals surface area contributed by atoms with Crippen LogP contribution in [0.4, 0.5) is 0 Å². The Morgan fingerprint density at radius 2 is 2.33 bits per heavy atom. The first-order valence-electron chi connectivity index (χ1n) is 3.72. The fourth-order valence-electron chi connectivity index (χ4n) is 1.28. The molecule has 1 aliphatic carbocycles. The van der Waals surface area contributed by atoms with Gasteiger partial charge in [0.05, 0.1) is 0 Å². The summed E-state index contributed by atoms with van der Waals surface area (Å²) in [4.78, 5) is 0. The minimum absolute atomic E-state index is 0.325. The van der Waals surface area contributed by atoms with E-state index in [2.05, 4.69) is 6.08 Å². The van der Waals surface area contributed by atoms with Crippen molar-refractivity contribution in [2.45, 2.75) is 32.1 Å². The van der Waals surface area contributed by atoms with Crippen LogP contribution in [0, 0.1) is 0 Å². The van der Waals surface area contributed by atoms with Crippen molar-refractivity contribution in [3.8, 4) is 0 Å². The van der Waals surface area contributed by atoms with Gasteiger partial charge in [-0.3, -0.25) is 0 Å². The first-order valence-corrected chi connectivity index (χ1v) is 3.72. The maximum Gasteiger partial charge on any atom is 0.0468 e. The zero-order valence-electron chi connectivity index (χ0n) is 5.77. The average Bonchev–Trinajstić information content (AvgIpc) is 1.91. The molecule has 0 spiro atoms. The SMILES string of the molecule is OCCC1=CCCCC1. The molecule has 1 N–H and O–H groups in total. The van der Waals surface area contributed by atoms with Gasteiger partial charge in [-0.15, -0.1) is 0 Å². The van der Waals surface area contributed by atoms with Gasteiger partial charge in [0.25, 0.3) is 0 Å². The molecule has 0 bridgehead atoms. The smallest absolute Gasteiger partial charge is 0.0468 e. The van der Waals surface area contributed by atoms with Gasteiger partial charge >= 0.3 is 0 Å². The summed E-state index contributed by atoms with van der Waals surface area (Å²) in [6, 6.07) is 0. The standard InChI is InChI=1S/C8H14O/c9-7-6-8-4-2-1-3-5-8/h4,9H,1-3,5-7H2. The second-order valence-corrected chi connectivity index (χ2v) is 2.58. The first kappa shape index (κ1) is 6.81. The summed E-state index contributed by atoms with van der Waals surface area (Å²) in [7, 11) is 0. The molecular weight excluding hydrogens is 112 g/mol. The molecule has 0 amide bonds. The van der Waals surface area contributed by atoms with Gasteiger partial charge < -0.3 is 5.11 Å². The van der Waals surface area contributed by atoms with E-state index < -0.39 is 0 Å². The Morgan fingerprint density at radius 3 is 2.89 bits per heavy atom. The van der Waals surface area contributed by atoms with E-state index in [1.165, 1.54) is 31.3 Å². The van der Waals surface area contributed by atoms with Gasteiger partial charge in [0.15, 0.2) is 0 Å². The van der Waals surface area contributed by atoms with E-state index in [1.54, 1.807) is 0 Å². The topological polar surface area (TPSA) is 20.2 Å². The molecule has 1 aliphatic rings. The molecule has 0 saturated carbocycles. The van der Waals surface area contributed by atoms with Crippen LogP contribution >= 0.6 is 0 Å². The van der Waals surface area contributed by atoms with E-state index in [1.807, 2.05) is 0 Å². The highest BCUT2D eigenvalue weighted by Crippen LogP contribution is 2.19. The number of allylic oxidation sites excluding steroid dienone is 1. The maximum absolute atomic E-state index is 8.58. The van der Waals surface area contributed by atoms with Crippen molar-refractivity contribution in [3.63, 3.8) is 0 Å². The number of aliphatic hydroxyl groups excluding tert-OH is 1. The summed E-state index contributed by atoms with van der Waals surface area (Å²) < 4.78 is 0. The minimum Gasteiger partial charge on any atom is -0.396 e. The third-order valence-electron chi connectivity index (χ3n) is 1.82. The van der Waals surface area contributed by atoms with Gasteiger partial charge in [-0.2, -0.15) is 0 Å². The summed E-state index contributed by atoms with van der Waals surface area (Å²) in [6.07, 6.45) is 8.30. The summed E-state index contributed by atoms with van der Waals surface area (Å²) in [6.45, 7) is 0.325. The quantitative estimate of drug-likeness (QED) is 0.560. The molecule has 0 radical (unpaired) electrons. The molecule has 0 aromatic rings. The van der Waals surface area contributed by atoms with E-state index >= 15 is 0 Å². The van der Waals surface area contributed by atoms with Crippen LogP contribution in [0.3, 0.4) is 0 Å².